The van der Waals surface area contributed by atoms with Gasteiger partial charge in [0.05, 0.1) is 27.8 Å². The second-order valence-corrected chi connectivity index (χ2v) is 5.50. The highest BCUT2D eigenvalue weighted by Gasteiger charge is 2.33. The van der Waals surface area contributed by atoms with Crippen molar-refractivity contribution in [2.24, 2.45) is 0 Å². The SMILES string of the molecule is COc1ccc([C@H]2CC(=O)c3c(cc(OC)c(O)c3O)O2)cc1OC. The number of carbonyl (C=O) groups excluding carboxylic acids is 1. The zero-order valence-electron chi connectivity index (χ0n) is 14.0. The number of fused-ring (bicyclic) bond motifs is 1. The lowest BCUT2D eigenvalue weighted by molar-refractivity contribution is 0.0842. The van der Waals surface area contributed by atoms with Crippen molar-refractivity contribution in [3.63, 3.8) is 0 Å². The average molecular weight is 346 g/mol. The van der Waals surface area contributed by atoms with E-state index in [1.165, 1.54) is 27.4 Å². The molecule has 3 rings (SSSR count). The molecule has 0 amide bonds. The van der Waals surface area contributed by atoms with Crippen molar-refractivity contribution in [3.05, 3.63) is 35.4 Å². The Hall–Kier alpha value is -3.09. The first-order valence-electron chi connectivity index (χ1n) is 7.54. The first kappa shape index (κ1) is 16.8. The molecule has 0 radical (unpaired) electrons. The van der Waals surface area contributed by atoms with Crippen LogP contribution in [0.2, 0.25) is 0 Å². The molecule has 1 atom stereocenters. The Morgan fingerprint density at radius 3 is 2.28 bits per heavy atom. The Balaban J connectivity index is 2.02. The van der Waals surface area contributed by atoms with Crippen LogP contribution in [0.25, 0.3) is 0 Å². The molecule has 0 fully saturated rings. The fraction of sp³-hybridized carbons (Fsp3) is 0.278. The van der Waals surface area contributed by atoms with Crippen LogP contribution in [0.3, 0.4) is 0 Å². The number of Topliss-reactive ketones (excluding diaryl/α,β-unsaturated/α-hetero) is 1. The van der Waals surface area contributed by atoms with Gasteiger partial charge in [0.2, 0.25) is 5.75 Å². The summed E-state index contributed by atoms with van der Waals surface area (Å²) < 4.78 is 21.4. The van der Waals surface area contributed by atoms with Crippen LogP contribution in [-0.2, 0) is 0 Å². The van der Waals surface area contributed by atoms with Crippen LogP contribution >= 0.6 is 0 Å². The molecule has 7 nitrogen and oxygen atoms in total. The highest BCUT2D eigenvalue weighted by Crippen LogP contribution is 2.48. The van der Waals surface area contributed by atoms with Crippen molar-refractivity contribution in [1.29, 1.82) is 0 Å². The molecule has 132 valence electrons. The topological polar surface area (TPSA) is 94.5 Å². The molecule has 0 saturated heterocycles. The molecule has 0 bridgehead atoms. The van der Waals surface area contributed by atoms with Crippen molar-refractivity contribution >= 4 is 5.78 Å². The summed E-state index contributed by atoms with van der Waals surface area (Å²) in [6.45, 7) is 0. The lowest BCUT2D eigenvalue weighted by Gasteiger charge is -2.27. The minimum atomic E-state index is -0.562. The summed E-state index contributed by atoms with van der Waals surface area (Å²) >= 11 is 0. The molecule has 0 spiro atoms. The zero-order chi connectivity index (χ0) is 18.1. The lowest BCUT2D eigenvalue weighted by Crippen LogP contribution is -2.20. The van der Waals surface area contributed by atoms with Gasteiger partial charge in [0.15, 0.2) is 28.8 Å². The monoisotopic (exact) mass is 346 g/mol. The first-order chi connectivity index (χ1) is 12.0. The third-order valence-electron chi connectivity index (χ3n) is 4.12. The summed E-state index contributed by atoms with van der Waals surface area (Å²) in [5.41, 5.74) is 0.679. The van der Waals surface area contributed by atoms with E-state index in [4.69, 9.17) is 18.9 Å². The van der Waals surface area contributed by atoms with Crippen molar-refractivity contribution in [2.45, 2.75) is 12.5 Å². The van der Waals surface area contributed by atoms with Crippen LogP contribution in [0, 0.1) is 0 Å². The fourth-order valence-electron chi connectivity index (χ4n) is 2.83. The van der Waals surface area contributed by atoms with Gasteiger partial charge in [-0.15, -0.1) is 0 Å². The van der Waals surface area contributed by atoms with Gasteiger partial charge in [0.25, 0.3) is 0 Å². The lowest BCUT2D eigenvalue weighted by atomic mass is 9.95. The molecule has 7 heteroatoms. The van der Waals surface area contributed by atoms with E-state index < -0.39 is 17.6 Å². The number of phenolic OH excluding ortho intramolecular Hbond substituents is 2. The van der Waals surface area contributed by atoms with Crippen LogP contribution in [0.5, 0.6) is 34.5 Å². The molecule has 1 aliphatic heterocycles. The van der Waals surface area contributed by atoms with Crippen LogP contribution in [0.15, 0.2) is 24.3 Å². The standard InChI is InChI=1S/C18H18O7/c1-22-11-5-4-9(6-13(11)23-2)12-7-10(19)16-14(25-12)8-15(24-3)17(20)18(16)21/h4-6,8,12,20-21H,7H2,1-3H3/t12-/m1/s1. The number of carbonyl (C=O) groups is 1. The van der Waals surface area contributed by atoms with E-state index in [0.29, 0.717) is 11.5 Å². The van der Waals surface area contributed by atoms with Crippen LogP contribution in [0.1, 0.15) is 28.4 Å². The Morgan fingerprint density at radius 2 is 1.64 bits per heavy atom. The number of ketones is 1. The number of phenols is 2. The van der Waals surface area contributed by atoms with Crippen LogP contribution in [0.4, 0.5) is 0 Å². The summed E-state index contributed by atoms with van der Waals surface area (Å²) in [5, 5.41) is 19.9. The summed E-state index contributed by atoms with van der Waals surface area (Å²) in [4.78, 5) is 12.5. The van der Waals surface area contributed by atoms with Crippen molar-refractivity contribution in [2.75, 3.05) is 21.3 Å². The predicted molar refractivity (Wildman–Crippen MR) is 88.2 cm³/mol. The van der Waals surface area contributed by atoms with E-state index in [-0.39, 0.29) is 29.3 Å². The van der Waals surface area contributed by atoms with E-state index in [2.05, 4.69) is 0 Å². The number of hydrogen-bond donors (Lipinski definition) is 2. The molecule has 0 aromatic heterocycles. The number of ether oxygens (including phenoxy) is 4. The number of hydrogen-bond acceptors (Lipinski definition) is 7. The van der Waals surface area contributed by atoms with Crippen LogP contribution in [-0.4, -0.2) is 37.3 Å². The van der Waals surface area contributed by atoms with Gasteiger partial charge in [-0.25, -0.2) is 0 Å². The van der Waals surface area contributed by atoms with E-state index in [1.54, 1.807) is 18.2 Å². The second-order valence-electron chi connectivity index (χ2n) is 5.50. The maximum atomic E-state index is 12.5. The van der Waals surface area contributed by atoms with Gasteiger partial charge < -0.3 is 29.2 Å². The van der Waals surface area contributed by atoms with E-state index in [0.717, 1.165) is 5.56 Å². The smallest absolute Gasteiger partial charge is 0.201 e. The molecular weight excluding hydrogens is 328 g/mol. The van der Waals surface area contributed by atoms with Crippen molar-refractivity contribution in [1.82, 2.24) is 0 Å². The Kier molecular flexibility index (Phi) is 4.31. The maximum absolute atomic E-state index is 12.5. The Labute approximate surface area is 144 Å². The van der Waals surface area contributed by atoms with Gasteiger partial charge >= 0.3 is 0 Å². The highest BCUT2D eigenvalue weighted by atomic mass is 16.5. The van der Waals surface area contributed by atoms with Crippen molar-refractivity contribution < 1.29 is 34.0 Å². The number of methoxy groups -OCH3 is 3. The molecule has 1 aliphatic rings. The number of benzene rings is 2. The van der Waals surface area contributed by atoms with E-state index >= 15 is 0 Å². The van der Waals surface area contributed by atoms with Gasteiger partial charge in [-0.1, -0.05) is 6.07 Å². The first-order valence-corrected chi connectivity index (χ1v) is 7.54. The number of rotatable bonds is 4. The second kappa shape index (κ2) is 6.43. The summed E-state index contributed by atoms with van der Waals surface area (Å²) in [6, 6.07) is 6.63. The minimum absolute atomic E-state index is 0.0157. The molecular formula is C18H18O7. The normalized spacial score (nSPS) is 16.0. The van der Waals surface area contributed by atoms with Gasteiger partial charge in [-0.2, -0.15) is 0 Å². The molecule has 25 heavy (non-hydrogen) atoms. The molecule has 0 unspecified atom stereocenters. The molecule has 2 aromatic carbocycles. The third kappa shape index (κ3) is 2.77. The molecule has 2 aromatic rings. The van der Waals surface area contributed by atoms with Gasteiger partial charge in [0, 0.05) is 6.07 Å². The average Bonchev–Trinajstić information content (AvgIpc) is 2.63. The van der Waals surface area contributed by atoms with Gasteiger partial charge in [-0.3, -0.25) is 4.79 Å². The molecule has 0 aliphatic carbocycles. The molecule has 1 heterocycles. The Bertz CT molecular complexity index is 829. The van der Waals surface area contributed by atoms with Crippen molar-refractivity contribution in [3.8, 4) is 34.5 Å². The largest absolute Gasteiger partial charge is 0.504 e. The van der Waals surface area contributed by atoms with Crippen LogP contribution < -0.4 is 18.9 Å². The Morgan fingerprint density at radius 1 is 0.960 bits per heavy atom. The summed E-state index contributed by atoms with van der Waals surface area (Å²) in [7, 11) is 4.41. The van der Waals surface area contributed by atoms with E-state index in [9.17, 15) is 15.0 Å². The number of aromatic hydroxyl groups is 2. The predicted octanol–water partition coefficient (Wildman–Crippen LogP) is 2.83. The zero-order valence-corrected chi connectivity index (χ0v) is 14.0. The minimum Gasteiger partial charge on any atom is -0.504 e. The molecule has 0 saturated carbocycles. The maximum Gasteiger partial charge on any atom is 0.201 e. The molecule has 2 N–H and O–H groups in total. The third-order valence-corrected chi connectivity index (χ3v) is 4.12. The fourth-order valence-corrected chi connectivity index (χ4v) is 2.83. The van der Waals surface area contributed by atoms with E-state index in [1.807, 2.05) is 0 Å². The summed E-state index contributed by atoms with van der Waals surface area (Å²) in [5.74, 6) is -0.0874. The quantitative estimate of drug-likeness (QED) is 0.822. The summed E-state index contributed by atoms with van der Waals surface area (Å²) in [6.07, 6.45) is -0.546. The van der Waals surface area contributed by atoms with Gasteiger partial charge in [0.1, 0.15) is 17.4 Å². The highest BCUT2D eigenvalue weighted by molar-refractivity contribution is 6.03. The van der Waals surface area contributed by atoms with Gasteiger partial charge in [-0.05, 0) is 17.7 Å².